The Bertz CT molecular complexity index is 790. The van der Waals surface area contributed by atoms with Gasteiger partial charge in [-0.05, 0) is 30.3 Å². The minimum atomic E-state index is -0.110. The molecule has 6 nitrogen and oxygen atoms in total. The number of nitrogens with zero attached hydrogens (tertiary/aromatic N) is 3. The molecule has 0 aliphatic carbocycles. The molecule has 0 spiro atoms. The molecule has 0 N–H and O–H groups in total. The second kappa shape index (κ2) is 5.62. The Morgan fingerprint density at radius 2 is 1.95 bits per heavy atom. The van der Waals surface area contributed by atoms with Crippen LogP contribution in [0.1, 0.15) is 5.89 Å². The lowest BCUT2D eigenvalue weighted by Crippen LogP contribution is -2.18. The summed E-state index contributed by atoms with van der Waals surface area (Å²) in [7, 11) is 1.61. The fourth-order valence-corrected chi connectivity index (χ4v) is 1.90. The highest BCUT2D eigenvalue weighted by Crippen LogP contribution is 2.21. The first kappa shape index (κ1) is 13.1. The lowest BCUT2D eigenvalue weighted by Gasteiger charge is -2.00. The molecule has 0 bridgehead atoms. The van der Waals surface area contributed by atoms with Gasteiger partial charge in [0.05, 0.1) is 7.11 Å². The molecule has 3 aromatic rings. The summed E-state index contributed by atoms with van der Waals surface area (Å²) in [5.41, 5.74) is 0.691. The Hall–Kier alpha value is -2.89. The molecule has 1 aromatic carbocycles. The number of methoxy groups -OCH3 is 1. The fraction of sp³-hybridized carbons (Fsp3) is 0.133. The highest BCUT2D eigenvalue weighted by molar-refractivity contribution is 5.53. The van der Waals surface area contributed by atoms with E-state index in [1.54, 1.807) is 25.4 Å². The molecule has 0 aliphatic heterocycles. The maximum Gasteiger partial charge on any atom is 0.250 e. The summed E-state index contributed by atoms with van der Waals surface area (Å²) in [5, 5.41) is 7.96. The molecule has 0 saturated carbocycles. The minimum Gasteiger partial charge on any atom is -0.497 e. The molecule has 6 heteroatoms. The predicted octanol–water partition coefficient (Wildman–Crippen LogP) is 1.96. The van der Waals surface area contributed by atoms with Crippen LogP contribution in [0.15, 0.2) is 57.9 Å². The summed E-state index contributed by atoms with van der Waals surface area (Å²) >= 11 is 0. The van der Waals surface area contributed by atoms with Crippen molar-refractivity contribution in [2.75, 3.05) is 7.11 Å². The van der Waals surface area contributed by atoms with Crippen molar-refractivity contribution in [1.29, 1.82) is 0 Å². The topological polar surface area (TPSA) is 70.2 Å². The van der Waals surface area contributed by atoms with Crippen LogP contribution < -0.4 is 10.3 Å². The minimum absolute atomic E-state index is 0.110. The van der Waals surface area contributed by atoms with Gasteiger partial charge in [-0.25, -0.2) is 0 Å². The first-order valence-corrected chi connectivity index (χ1v) is 6.38. The van der Waals surface area contributed by atoms with Crippen molar-refractivity contribution in [2.24, 2.45) is 0 Å². The monoisotopic (exact) mass is 283 g/mol. The fourth-order valence-electron chi connectivity index (χ4n) is 1.90. The van der Waals surface area contributed by atoms with Gasteiger partial charge >= 0.3 is 0 Å². The Labute approximate surface area is 120 Å². The zero-order valence-corrected chi connectivity index (χ0v) is 11.4. The predicted molar refractivity (Wildman–Crippen MR) is 76.1 cm³/mol. The number of rotatable bonds is 4. The molecule has 0 aliphatic rings. The highest BCUT2D eigenvalue weighted by Gasteiger charge is 2.09. The quantitative estimate of drug-likeness (QED) is 0.732. The van der Waals surface area contributed by atoms with Crippen molar-refractivity contribution >= 4 is 0 Å². The summed E-state index contributed by atoms with van der Waals surface area (Å²) in [6.45, 7) is 0.253. The van der Waals surface area contributed by atoms with Gasteiger partial charge in [-0.2, -0.15) is 0 Å². The van der Waals surface area contributed by atoms with E-state index in [0.717, 1.165) is 11.3 Å². The van der Waals surface area contributed by atoms with Gasteiger partial charge < -0.3 is 13.7 Å². The van der Waals surface area contributed by atoms with Gasteiger partial charge in [-0.15, -0.1) is 10.2 Å². The molecular formula is C15H13N3O3. The van der Waals surface area contributed by atoms with E-state index < -0.39 is 0 Å². The number of ether oxygens (including phenoxy) is 1. The van der Waals surface area contributed by atoms with Crippen molar-refractivity contribution in [3.8, 4) is 17.2 Å². The molecule has 2 aromatic heterocycles. The summed E-state index contributed by atoms with van der Waals surface area (Å²) in [6, 6.07) is 12.3. The van der Waals surface area contributed by atoms with Crippen LogP contribution in [0.4, 0.5) is 0 Å². The molecule has 0 radical (unpaired) electrons. The van der Waals surface area contributed by atoms with Gasteiger partial charge in [0.15, 0.2) is 0 Å². The summed E-state index contributed by atoms with van der Waals surface area (Å²) in [5.74, 6) is 1.56. The maximum absolute atomic E-state index is 11.6. The molecule has 21 heavy (non-hydrogen) atoms. The smallest absolute Gasteiger partial charge is 0.250 e. The standard InChI is InChI=1S/C15H13N3O3/c1-20-12-7-5-11(6-8-12)15-17-16-13(21-15)10-18-9-3-2-4-14(18)19/h2-9H,10H2,1H3. The Kier molecular flexibility index (Phi) is 3.51. The van der Waals surface area contributed by atoms with Gasteiger partial charge in [0, 0.05) is 17.8 Å². The van der Waals surface area contributed by atoms with E-state index in [0.29, 0.717) is 11.8 Å². The average Bonchev–Trinajstić information content (AvgIpc) is 2.98. The number of hydrogen-bond donors (Lipinski definition) is 0. The van der Waals surface area contributed by atoms with E-state index >= 15 is 0 Å². The Balaban J connectivity index is 1.83. The van der Waals surface area contributed by atoms with Gasteiger partial charge in [0.2, 0.25) is 11.8 Å². The Morgan fingerprint density at radius 1 is 1.14 bits per heavy atom. The van der Waals surface area contributed by atoms with E-state index in [9.17, 15) is 4.79 Å². The zero-order chi connectivity index (χ0) is 14.7. The van der Waals surface area contributed by atoms with E-state index in [4.69, 9.17) is 9.15 Å². The number of benzene rings is 1. The maximum atomic E-state index is 11.6. The van der Waals surface area contributed by atoms with Crippen molar-refractivity contribution < 1.29 is 9.15 Å². The third kappa shape index (κ3) is 2.84. The molecule has 0 unspecified atom stereocenters. The van der Waals surface area contributed by atoms with Crippen LogP contribution >= 0.6 is 0 Å². The van der Waals surface area contributed by atoms with Crippen LogP contribution in [0.2, 0.25) is 0 Å². The number of hydrogen-bond acceptors (Lipinski definition) is 5. The van der Waals surface area contributed by atoms with E-state index in [-0.39, 0.29) is 12.1 Å². The average molecular weight is 283 g/mol. The first-order valence-electron chi connectivity index (χ1n) is 6.38. The lowest BCUT2D eigenvalue weighted by atomic mass is 10.2. The number of pyridine rings is 1. The van der Waals surface area contributed by atoms with Crippen LogP contribution in [0, 0.1) is 0 Å². The van der Waals surface area contributed by atoms with Crippen LogP contribution in [0.5, 0.6) is 5.75 Å². The second-order valence-corrected chi connectivity index (χ2v) is 4.40. The number of aromatic nitrogens is 3. The SMILES string of the molecule is COc1ccc(-c2nnc(Cn3ccccc3=O)o2)cc1. The molecule has 0 fully saturated rings. The van der Waals surface area contributed by atoms with Crippen molar-refractivity contribution in [3.63, 3.8) is 0 Å². The first-order chi connectivity index (χ1) is 10.3. The summed E-state index contributed by atoms with van der Waals surface area (Å²) < 4.78 is 12.2. The molecule has 0 saturated heterocycles. The molecule has 106 valence electrons. The normalized spacial score (nSPS) is 10.5. The summed E-state index contributed by atoms with van der Waals surface area (Å²) in [6.07, 6.45) is 1.68. The Morgan fingerprint density at radius 3 is 2.67 bits per heavy atom. The molecule has 3 rings (SSSR count). The summed E-state index contributed by atoms with van der Waals surface area (Å²) in [4.78, 5) is 11.6. The van der Waals surface area contributed by atoms with E-state index in [1.165, 1.54) is 10.6 Å². The third-order valence-electron chi connectivity index (χ3n) is 3.01. The van der Waals surface area contributed by atoms with Crippen LogP contribution in [0.3, 0.4) is 0 Å². The second-order valence-electron chi connectivity index (χ2n) is 4.40. The van der Waals surface area contributed by atoms with Crippen LogP contribution in [-0.2, 0) is 6.54 Å². The zero-order valence-electron chi connectivity index (χ0n) is 11.4. The van der Waals surface area contributed by atoms with E-state index in [2.05, 4.69) is 10.2 Å². The third-order valence-corrected chi connectivity index (χ3v) is 3.01. The van der Waals surface area contributed by atoms with Crippen LogP contribution in [0.25, 0.3) is 11.5 Å². The molecular weight excluding hydrogens is 270 g/mol. The molecule has 0 amide bonds. The molecule has 2 heterocycles. The highest BCUT2D eigenvalue weighted by atomic mass is 16.5. The van der Waals surface area contributed by atoms with E-state index in [1.807, 2.05) is 24.3 Å². The largest absolute Gasteiger partial charge is 0.497 e. The molecule has 0 atom stereocenters. The van der Waals surface area contributed by atoms with Gasteiger partial charge in [-0.3, -0.25) is 4.79 Å². The van der Waals surface area contributed by atoms with Crippen molar-refractivity contribution in [1.82, 2.24) is 14.8 Å². The van der Waals surface area contributed by atoms with Gasteiger partial charge in [0.1, 0.15) is 12.3 Å². The van der Waals surface area contributed by atoms with Crippen molar-refractivity contribution in [2.45, 2.75) is 6.54 Å². The van der Waals surface area contributed by atoms with Gasteiger partial charge in [-0.1, -0.05) is 6.07 Å². The van der Waals surface area contributed by atoms with Crippen molar-refractivity contribution in [3.05, 3.63) is 64.9 Å². The lowest BCUT2D eigenvalue weighted by molar-refractivity contribution is 0.415. The van der Waals surface area contributed by atoms with Gasteiger partial charge in [0.25, 0.3) is 5.56 Å². The van der Waals surface area contributed by atoms with Crippen LogP contribution in [-0.4, -0.2) is 21.9 Å².